The first-order chi connectivity index (χ1) is 10.2. The summed E-state index contributed by atoms with van der Waals surface area (Å²) in [7, 11) is 1.65. The molecule has 4 nitrogen and oxygen atoms in total. The van der Waals surface area contributed by atoms with Gasteiger partial charge in [0.15, 0.2) is 0 Å². The Morgan fingerprint density at radius 3 is 2.67 bits per heavy atom. The average Bonchev–Trinajstić information content (AvgIpc) is 2.50. The molecule has 1 aromatic rings. The summed E-state index contributed by atoms with van der Waals surface area (Å²) in [6, 6.07) is 7.89. The van der Waals surface area contributed by atoms with E-state index in [0.717, 1.165) is 44.3 Å². The fourth-order valence-electron chi connectivity index (χ4n) is 2.80. The maximum atomic E-state index is 11.9. The molecule has 0 spiro atoms. The highest BCUT2D eigenvalue weighted by molar-refractivity contribution is 5.76. The fraction of sp³-hybridized carbons (Fsp3) is 0.588. The Labute approximate surface area is 126 Å². The number of carbonyl (C=O) groups excluding carboxylic acids is 1. The van der Waals surface area contributed by atoms with Crippen molar-refractivity contribution in [1.29, 1.82) is 0 Å². The van der Waals surface area contributed by atoms with Gasteiger partial charge < -0.3 is 15.2 Å². The number of carbonyl (C=O) groups is 1. The van der Waals surface area contributed by atoms with Crippen molar-refractivity contribution in [3.8, 4) is 5.75 Å². The zero-order valence-electron chi connectivity index (χ0n) is 12.7. The molecule has 0 heterocycles. The van der Waals surface area contributed by atoms with Crippen LogP contribution in [-0.2, 0) is 11.2 Å². The van der Waals surface area contributed by atoms with Crippen molar-refractivity contribution in [2.24, 2.45) is 0 Å². The van der Waals surface area contributed by atoms with Crippen LogP contribution in [0.15, 0.2) is 24.3 Å². The normalized spacial score (nSPS) is 21.8. The van der Waals surface area contributed by atoms with Gasteiger partial charge in [-0.3, -0.25) is 4.79 Å². The van der Waals surface area contributed by atoms with Crippen LogP contribution in [0.3, 0.4) is 0 Å². The molecule has 0 bridgehead atoms. The molecule has 2 atom stereocenters. The molecule has 1 amide bonds. The van der Waals surface area contributed by atoms with Crippen molar-refractivity contribution >= 4 is 5.91 Å². The van der Waals surface area contributed by atoms with Crippen molar-refractivity contribution in [3.05, 3.63) is 29.8 Å². The molecule has 1 aliphatic carbocycles. The number of aliphatic hydroxyl groups excluding tert-OH is 1. The Morgan fingerprint density at radius 1 is 1.29 bits per heavy atom. The van der Waals surface area contributed by atoms with E-state index in [0.29, 0.717) is 6.42 Å². The predicted octanol–water partition coefficient (Wildman–Crippen LogP) is 2.44. The third-order valence-electron chi connectivity index (χ3n) is 4.10. The SMILES string of the molecule is COc1ccc(CCCC(=O)NC2CCCCC2O)cc1. The van der Waals surface area contributed by atoms with Gasteiger partial charge >= 0.3 is 0 Å². The minimum Gasteiger partial charge on any atom is -0.497 e. The minimum absolute atomic E-state index is 0.0489. The number of hydrogen-bond donors (Lipinski definition) is 2. The molecule has 116 valence electrons. The molecular weight excluding hydrogens is 266 g/mol. The van der Waals surface area contributed by atoms with Crippen LogP contribution in [0, 0.1) is 0 Å². The molecule has 4 heteroatoms. The summed E-state index contributed by atoms with van der Waals surface area (Å²) in [5, 5.41) is 12.8. The number of aryl methyl sites for hydroxylation is 1. The van der Waals surface area contributed by atoms with E-state index in [1.165, 1.54) is 5.56 Å². The molecule has 1 saturated carbocycles. The number of aliphatic hydroxyl groups is 1. The summed E-state index contributed by atoms with van der Waals surface area (Å²) in [5.74, 6) is 0.900. The maximum absolute atomic E-state index is 11.9. The Hall–Kier alpha value is -1.55. The van der Waals surface area contributed by atoms with E-state index in [4.69, 9.17) is 4.74 Å². The van der Waals surface area contributed by atoms with E-state index in [2.05, 4.69) is 5.32 Å². The Balaban J connectivity index is 1.68. The first-order valence-electron chi connectivity index (χ1n) is 7.79. The standard InChI is InChI=1S/C17H25NO3/c1-21-14-11-9-13(10-12-14)5-4-8-17(20)18-15-6-2-3-7-16(15)19/h9-12,15-16,19H,2-8H2,1H3,(H,18,20). The highest BCUT2D eigenvalue weighted by Gasteiger charge is 2.23. The second-order valence-electron chi connectivity index (χ2n) is 5.73. The monoisotopic (exact) mass is 291 g/mol. The van der Waals surface area contributed by atoms with E-state index in [1.54, 1.807) is 7.11 Å². The number of benzene rings is 1. The Kier molecular flexibility index (Phi) is 6.05. The van der Waals surface area contributed by atoms with Crippen molar-refractivity contribution < 1.29 is 14.6 Å². The largest absolute Gasteiger partial charge is 0.497 e. The van der Waals surface area contributed by atoms with Gasteiger partial charge in [-0.1, -0.05) is 25.0 Å². The predicted molar refractivity (Wildman–Crippen MR) is 82.3 cm³/mol. The minimum atomic E-state index is -0.371. The molecule has 0 aliphatic heterocycles. The lowest BCUT2D eigenvalue weighted by molar-refractivity contribution is -0.123. The summed E-state index contributed by atoms with van der Waals surface area (Å²) >= 11 is 0. The number of methoxy groups -OCH3 is 1. The third kappa shape index (κ3) is 5.05. The van der Waals surface area contributed by atoms with Crippen molar-refractivity contribution in [1.82, 2.24) is 5.32 Å². The molecule has 0 radical (unpaired) electrons. The zero-order valence-corrected chi connectivity index (χ0v) is 12.7. The number of rotatable bonds is 6. The van der Waals surface area contributed by atoms with Crippen LogP contribution in [0.5, 0.6) is 5.75 Å². The van der Waals surface area contributed by atoms with Gasteiger partial charge in [-0.15, -0.1) is 0 Å². The van der Waals surface area contributed by atoms with Crippen LogP contribution in [-0.4, -0.2) is 30.3 Å². The molecule has 21 heavy (non-hydrogen) atoms. The number of amides is 1. The quantitative estimate of drug-likeness (QED) is 0.846. The van der Waals surface area contributed by atoms with E-state index < -0.39 is 0 Å². The lowest BCUT2D eigenvalue weighted by Crippen LogP contribution is -2.45. The van der Waals surface area contributed by atoms with Crippen molar-refractivity contribution in [2.45, 2.75) is 57.1 Å². The molecule has 0 saturated heterocycles. The van der Waals surface area contributed by atoms with Crippen LogP contribution >= 0.6 is 0 Å². The topological polar surface area (TPSA) is 58.6 Å². The molecule has 2 rings (SSSR count). The summed E-state index contributed by atoms with van der Waals surface area (Å²) < 4.78 is 5.12. The van der Waals surface area contributed by atoms with Gasteiger partial charge in [0.1, 0.15) is 5.75 Å². The van der Waals surface area contributed by atoms with Crippen LogP contribution in [0.25, 0.3) is 0 Å². The van der Waals surface area contributed by atoms with Gasteiger partial charge in [0.2, 0.25) is 5.91 Å². The fourth-order valence-corrected chi connectivity index (χ4v) is 2.80. The van der Waals surface area contributed by atoms with Gasteiger partial charge in [-0.2, -0.15) is 0 Å². The molecule has 1 aromatic carbocycles. The smallest absolute Gasteiger partial charge is 0.220 e. The second-order valence-corrected chi connectivity index (χ2v) is 5.73. The summed E-state index contributed by atoms with van der Waals surface area (Å²) in [4.78, 5) is 11.9. The van der Waals surface area contributed by atoms with Crippen LogP contribution in [0.1, 0.15) is 44.1 Å². The Morgan fingerprint density at radius 2 is 2.00 bits per heavy atom. The summed E-state index contributed by atoms with van der Waals surface area (Å²) in [6.45, 7) is 0. The molecule has 2 unspecified atom stereocenters. The van der Waals surface area contributed by atoms with Gasteiger partial charge in [0.05, 0.1) is 19.3 Å². The van der Waals surface area contributed by atoms with Gasteiger partial charge in [-0.25, -0.2) is 0 Å². The first-order valence-corrected chi connectivity index (χ1v) is 7.79. The molecule has 1 fully saturated rings. The summed E-state index contributed by atoms with van der Waals surface area (Å²) in [5.41, 5.74) is 1.21. The summed E-state index contributed by atoms with van der Waals surface area (Å²) in [6.07, 6.45) is 5.69. The van der Waals surface area contributed by atoms with Crippen LogP contribution in [0.2, 0.25) is 0 Å². The molecular formula is C17H25NO3. The highest BCUT2D eigenvalue weighted by atomic mass is 16.5. The van der Waals surface area contributed by atoms with Crippen molar-refractivity contribution in [2.75, 3.05) is 7.11 Å². The third-order valence-corrected chi connectivity index (χ3v) is 4.10. The lowest BCUT2D eigenvalue weighted by atomic mass is 9.92. The van der Waals surface area contributed by atoms with Gasteiger partial charge in [-0.05, 0) is 43.4 Å². The first kappa shape index (κ1) is 15.8. The number of ether oxygens (including phenoxy) is 1. The highest BCUT2D eigenvalue weighted by Crippen LogP contribution is 2.18. The van der Waals surface area contributed by atoms with E-state index >= 15 is 0 Å². The van der Waals surface area contributed by atoms with Crippen LogP contribution < -0.4 is 10.1 Å². The maximum Gasteiger partial charge on any atom is 0.220 e. The average molecular weight is 291 g/mol. The molecule has 2 N–H and O–H groups in total. The molecule has 1 aliphatic rings. The number of hydrogen-bond acceptors (Lipinski definition) is 3. The van der Waals surface area contributed by atoms with E-state index in [9.17, 15) is 9.90 Å². The lowest BCUT2D eigenvalue weighted by Gasteiger charge is -2.28. The van der Waals surface area contributed by atoms with E-state index in [-0.39, 0.29) is 18.1 Å². The van der Waals surface area contributed by atoms with Gasteiger partial charge in [0.25, 0.3) is 0 Å². The second kappa shape index (κ2) is 8.03. The van der Waals surface area contributed by atoms with Crippen LogP contribution in [0.4, 0.5) is 0 Å². The van der Waals surface area contributed by atoms with Crippen molar-refractivity contribution in [3.63, 3.8) is 0 Å². The zero-order chi connectivity index (χ0) is 15.1. The van der Waals surface area contributed by atoms with Gasteiger partial charge in [0, 0.05) is 6.42 Å². The molecule has 0 aromatic heterocycles. The Bertz CT molecular complexity index is 444. The number of nitrogens with one attached hydrogen (secondary N) is 1. The van der Waals surface area contributed by atoms with E-state index in [1.807, 2.05) is 24.3 Å².